The fraction of sp³-hybridized carbons (Fsp3) is 0. The number of pyridine rings is 1. The Hall–Kier alpha value is -4.04. The second-order valence-corrected chi connectivity index (χ2v) is 8.26. The lowest BCUT2D eigenvalue weighted by Crippen LogP contribution is -2.02. The Bertz CT molecular complexity index is 1450. The lowest BCUT2D eigenvalue weighted by atomic mass is 10.1. The number of ketones is 1. The van der Waals surface area contributed by atoms with Crippen molar-refractivity contribution in [1.82, 2.24) is 14.5 Å². The van der Waals surface area contributed by atoms with Gasteiger partial charge in [0.15, 0.2) is 0 Å². The van der Waals surface area contributed by atoms with Crippen molar-refractivity contribution in [2.75, 3.05) is 0 Å². The fourth-order valence-corrected chi connectivity index (χ4v) is 3.50. The number of hydrogen-bond donors (Lipinski definition) is 0. The highest BCUT2D eigenvalue weighted by atomic mass is 79.9. The quantitative estimate of drug-likeness (QED) is 0.232. The van der Waals surface area contributed by atoms with Crippen LogP contribution in [0.5, 0.6) is 0 Å². The molecule has 2 heterocycles. The monoisotopic (exact) mass is 535 g/mol. The second-order valence-electron chi connectivity index (χ2n) is 7.35. The zero-order chi connectivity index (χ0) is 24.8. The van der Waals surface area contributed by atoms with E-state index in [0.29, 0.717) is 11.1 Å². The van der Waals surface area contributed by atoms with Gasteiger partial charge in [-0.3, -0.25) is 9.78 Å². The van der Waals surface area contributed by atoms with E-state index in [-0.39, 0.29) is 22.9 Å². The molecule has 0 saturated heterocycles. The van der Waals surface area contributed by atoms with Crippen LogP contribution in [0.3, 0.4) is 0 Å². The number of rotatable bonds is 4. The fourth-order valence-electron chi connectivity index (χ4n) is 3.23. The minimum absolute atomic E-state index is 0.195. The summed E-state index contributed by atoms with van der Waals surface area (Å²) >= 11 is 3.18. The van der Waals surface area contributed by atoms with Crippen LogP contribution in [-0.2, 0) is 0 Å². The number of carbonyl (C=O) groups is 1. The average molecular weight is 536 g/mol. The van der Waals surface area contributed by atoms with Crippen molar-refractivity contribution in [2.24, 2.45) is 0 Å². The van der Waals surface area contributed by atoms with Crippen LogP contribution in [0.2, 0.25) is 0 Å². The molecule has 0 radical (unpaired) electrons. The molecule has 8 heteroatoms. The number of imidazole rings is 1. The SMILES string of the molecule is Fc1ccc(Br)cc1.O=C(c1cccc(F)c1)c1cn(-c2cccc(-c3ccncc3F)c2)cn1. The molecule has 35 heavy (non-hydrogen) atoms. The van der Waals surface area contributed by atoms with Gasteiger partial charge in [-0.15, -0.1) is 0 Å². The molecular formula is C27H17BrF3N3O. The molecule has 5 rings (SSSR count). The van der Waals surface area contributed by atoms with Gasteiger partial charge in [-0.2, -0.15) is 0 Å². The van der Waals surface area contributed by atoms with Crippen LogP contribution in [0.1, 0.15) is 16.1 Å². The van der Waals surface area contributed by atoms with Crippen LogP contribution in [0.15, 0.2) is 108 Å². The summed E-state index contributed by atoms with van der Waals surface area (Å²) in [5, 5.41) is 0. The summed E-state index contributed by atoms with van der Waals surface area (Å²) in [4.78, 5) is 20.4. The Morgan fingerprint density at radius 1 is 0.857 bits per heavy atom. The van der Waals surface area contributed by atoms with Gasteiger partial charge in [-0.05, 0) is 60.2 Å². The Balaban J connectivity index is 0.000000308. The second kappa shape index (κ2) is 10.9. The van der Waals surface area contributed by atoms with Crippen LogP contribution in [0.25, 0.3) is 16.8 Å². The first-order valence-electron chi connectivity index (χ1n) is 10.4. The largest absolute Gasteiger partial charge is 0.306 e. The van der Waals surface area contributed by atoms with Gasteiger partial charge >= 0.3 is 0 Å². The molecule has 0 aliphatic carbocycles. The van der Waals surface area contributed by atoms with E-state index in [1.54, 1.807) is 47.2 Å². The predicted molar refractivity (Wildman–Crippen MR) is 131 cm³/mol. The molecule has 0 bridgehead atoms. The average Bonchev–Trinajstić information content (AvgIpc) is 3.37. The molecule has 2 aromatic heterocycles. The van der Waals surface area contributed by atoms with Crippen molar-refractivity contribution < 1.29 is 18.0 Å². The van der Waals surface area contributed by atoms with Crippen LogP contribution in [0, 0.1) is 17.5 Å². The summed E-state index contributed by atoms with van der Waals surface area (Å²) in [5.74, 6) is -1.47. The van der Waals surface area contributed by atoms with E-state index in [2.05, 4.69) is 25.9 Å². The minimum Gasteiger partial charge on any atom is -0.306 e. The van der Waals surface area contributed by atoms with Crippen molar-refractivity contribution in [1.29, 1.82) is 0 Å². The van der Waals surface area contributed by atoms with E-state index in [9.17, 15) is 18.0 Å². The summed E-state index contributed by atoms with van der Waals surface area (Å²) in [6.07, 6.45) is 5.75. The minimum atomic E-state index is -0.479. The molecule has 0 atom stereocenters. The Kier molecular flexibility index (Phi) is 7.52. The maximum atomic E-state index is 14.0. The number of hydrogen-bond acceptors (Lipinski definition) is 3. The molecule has 0 aliphatic rings. The summed E-state index contributed by atoms with van der Waals surface area (Å²) in [6.45, 7) is 0. The van der Waals surface area contributed by atoms with Gasteiger partial charge in [-0.1, -0.05) is 40.2 Å². The molecule has 5 aromatic rings. The number of carbonyl (C=O) groups excluding carboxylic acids is 1. The van der Waals surface area contributed by atoms with Gasteiger partial charge in [0.1, 0.15) is 29.5 Å². The van der Waals surface area contributed by atoms with E-state index in [4.69, 9.17) is 0 Å². The molecule has 0 unspecified atom stereocenters. The molecule has 0 fully saturated rings. The van der Waals surface area contributed by atoms with Gasteiger partial charge in [0, 0.05) is 33.7 Å². The zero-order valence-corrected chi connectivity index (χ0v) is 19.7. The van der Waals surface area contributed by atoms with E-state index in [1.807, 2.05) is 6.07 Å². The molecule has 0 N–H and O–H groups in total. The smallest absolute Gasteiger partial charge is 0.213 e. The number of halogens is 4. The first-order chi connectivity index (χ1) is 16.9. The first-order valence-corrected chi connectivity index (χ1v) is 11.2. The Labute approximate surface area is 207 Å². The van der Waals surface area contributed by atoms with E-state index in [0.717, 1.165) is 16.4 Å². The highest BCUT2D eigenvalue weighted by molar-refractivity contribution is 9.10. The number of aromatic nitrogens is 3. The van der Waals surface area contributed by atoms with Gasteiger partial charge < -0.3 is 4.57 Å². The highest BCUT2D eigenvalue weighted by Gasteiger charge is 2.14. The van der Waals surface area contributed by atoms with E-state index >= 15 is 0 Å². The van der Waals surface area contributed by atoms with Gasteiger partial charge in [0.05, 0.1) is 6.20 Å². The molecule has 4 nitrogen and oxygen atoms in total. The van der Waals surface area contributed by atoms with Crippen LogP contribution < -0.4 is 0 Å². The standard InChI is InChI=1S/C21H13F2N3O.C6H4BrF/c22-16-5-1-4-15(9-16)21(27)20-12-26(13-25-20)17-6-2-3-14(10-17)18-7-8-24-11-19(18)23;7-5-1-3-6(8)4-2-5/h1-13H;1-4H. The molecule has 0 aliphatic heterocycles. The van der Waals surface area contributed by atoms with Crippen LogP contribution in [-0.4, -0.2) is 20.3 Å². The first kappa shape index (κ1) is 24.1. The Morgan fingerprint density at radius 2 is 1.63 bits per heavy atom. The van der Waals surface area contributed by atoms with Crippen LogP contribution in [0.4, 0.5) is 13.2 Å². The van der Waals surface area contributed by atoms with E-state index < -0.39 is 11.6 Å². The third-order valence-electron chi connectivity index (χ3n) is 4.93. The lowest BCUT2D eigenvalue weighted by Gasteiger charge is -2.07. The molecule has 0 spiro atoms. The van der Waals surface area contributed by atoms with Crippen molar-refractivity contribution in [3.8, 4) is 16.8 Å². The normalized spacial score (nSPS) is 10.4. The summed E-state index contributed by atoms with van der Waals surface area (Å²) < 4.78 is 42.0. The number of benzene rings is 3. The Morgan fingerprint density at radius 3 is 2.34 bits per heavy atom. The molecule has 3 aromatic carbocycles. The van der Waals surface area contributed by atoms with Gasteiger partial charge in [0.2, 0.25) is 5.78 Å². The van der Waals surface area contributed by atoms with Crippen molar-refractivity contribution in [3.05, 3.63) is 137 Å². The molecule has 0 saturated carbocycles. The zero-order valence-electron chi connectivity index (χ0n) is 18.1. The molecular weight excluding hydrogens is 519 g/mol. The highest BCUT2D eigenvalue weighted by Crippen LogP contribution is 2.24. The topological polar surface area (TPSA) is 47.8 Å². The van der Waals surface area contributed by atoms with Crippen molar-refractivity contribution >= 4 is 21.7 Å². The maximum Gasteiger partial charge on any atom is 0.213 e. The molecule has 0 amide bonds. The van der Waals surface area contributed by atoms with Crippen molar-refractivity contribution in [3.63, 3.8) is 0 Å². The summed E-state index contributed by atoms with van der Waals surface area (Å²) in [7, 11) is 0. The number of nitrogens with zero attached hydrogens (tertiary/aromatic N) is 3. The lowest BCUT2D eigenvalue weighted by molar-refractivity contribution is 0.103. The van der Waals surface area contributed by atoms with Gasteiger partial charge in [-0.25, -0.2) is 18.2 Å². The van der Waals surface area contributed by atoms with Crippen LogP contribution >= 0.6 is 15.9 Å². The third kappa shape index (κ3) is 6.10. The molecule has 174 valence electrons. The summed E-state index contributed by atoms with van der Waals surface area (Å²) in [6, 6.07) is 20.4. The summed E-state index contributed by atoms with van der Waals surface area (Å²) in [5.41, 5.74) is 2.26. The third-order valence-corrected chi connectivity index (χ3v) is 5.46. The van der Waals surface area contributed by atoms with E-state index in [1.165, 1.54) is 48.9 Å². The van der Waals surface area contributed by atoms with Gasteiger partial charge in [0.25, 0.3) is 0 Å². The maximum absolute atomic E-state index is 14.0. The van der Waals surface area contributed by atoms with Crippen molar-refractivity contribution in [2.45, 2.75) is 0 Å². The predicted octanol–water partition coefficient (Wildman–Crippen LogP) is 7.03.